The summed E-state index contributed by atoms with van der Waals surface area (Å²) in [4.78, 5) is 23.6. The van der Waals surface area contributed by atoms with Gasteiger partial charge in [0, 0.05) is 12.6 Å². The SMILES string of the molecule is O=C1NC(O)C(C#CCNC(=O)C(F)(F)F)=CN1C1CC(O)C(CO)O1. The first-order valence-electron chi connectivity index (χ1n) is 7.40. The van der Waals surface area contributed by atoms with Gasteiger partial charge in [0.25, 0.3) is 0 Å². The summed E-state index contributed by atoms with van der Waals surface area (Å²) in [6.45, 7) is -1.08. The second-order valence-electron chi connectivity index (χ2n) is 5.44. The monoisotopic (exact) mass is 379 g/mol. The standard InChI is InChI=1S/C14H16F3N3O6/c15-14(16,17)12(24)18-3-1-2-7-5-20(13(25)19-11(7)23)10-4-8(22)9(6-21)26-10/h5,8-11,21-23H,3-4,6H2,(H,18,24)(H,19,25). The van der Waals surface area contributed by atoms with E-state index in [2.05, 4.69) is 17.2 Å². The number of hydrogen-bond donors (Lipinski definition) is 5. The van der Waals surface area contributed by atoms with E-state index in [0.717, 1.165) is 11.1 Å². The highest BCUT2D eigenvalue weighted by molar-refractivity contribution is 5.82. The molecule has 2 aliphatic heterocycles. The molecule has 0 aromatic carbocycles. The topological polar surface area (TPSA) is 131 Å². The molecule has 3 amide bonds. The number of aliphatic hydroxyl groups is 3. The highest BCUT2D eigenvalue weighted by atomic mass is 19.4. The van der Waals surface area contributed by atoms with Gasteiger partial charge in [-0.3, -0.25) is 9.69 Å². The number of rotatable bonds is 3. The Hall–Kier alpha value is -2.33. The van der Waals surface area contributed by atoms with Gasteiger partial charge in [0.15, 0.2) is 6.23 Å². The van der Waals surface area contributed by atoms with E-state index < -0.39 is 55.9 Å². The highest BCUT2D eigenvalue weighted by Gasteiger charge is 2.40. The number of halogens is 3. The normalized spacial score (nSPS) is 28.8. The first-order valence-corrected chi connectivity index (χ1v) is 7.40. The number of alkyl halides is 3. The zero-order chi connectivity index (χ0) is 19.5. The third kappa shape index (κ3) is 4.64. The minimum Gasteiger partial charge on any atom is -0.394 e. The van der Waals surface area contributed by atoms with Crippen LogP contribution in [0.4, 0.5) is 18.0 Å². The number of ether oxygens (including phenoxy) is 1. The number of urea groups is 1. The van der Waals surface area contributed by atoms with Crippen molar-refractivity contribution in [1.82, 2.24) is 15.5 Å². The Bertz CT molecular complexity index is 657. The van der Waals surface area contributed by atoms with Crippen LogP contribution in [0.25, 0.3) is 0 Å². The molecule has 0 aromatic rings. The van der Waals surface area contributed by atoms with Crippen molar-refractivity contribution in [3.8, 4) is 11.8 Å². The van der Waals surface area contributed by atoms with Crippen molar-refractivity contribution in [2.24, 2.45) is 0 Å². The Balaban J connectivity index is 2.05. The Labute approximate surface area is 145 Å². The fraction of sp³-hybridized carbons (Fsp3) is 0.571. The molecule has 2 heterocycles. The molecule has 0 aliphatic carbocycles. The number of carbonyl (C=O) groups excluding carboxylic acids is 2. The summed E-state index contributed by atoms with van der Waals surface area (Å²) < 4.78 is 41.4. The molecule has 144 valence electrons. The van der Waals surface area contributed by atoms with Crippen LogP contribution in [0.15, 0.2) is 11.8 Å². The molecule has 5 N–H and O–H groups in total. The molecule has 4 unspecified atom stereocenters. The summed E-state index contributed by atoms with van der Waals surface area (Å²) >= 11 is 0. The van der Waals surface area contributed by atoms with Gasteiger partial charge in [0.05, 0.1) is 24.8 Å². The molecule has 12 heteroatoms. The quantitative estimate of drug-likeness (QED) is 0.374. The molecule has 0 radical (unpaired) electrons. The molecule has 26 heavy (non-hydrogen) atoms. The van der Waals surface area contributed by atoms with Gasteiger partial charge in [0.1, 0.15) is 12.3 Å². The summed E-state index contributed by atoms with van der Waals surface area (Å²) in [6, 6.07) is -0.746. The van der Waals surface area contributed by atoms with Crippen LogP contribution in [0.2, 0.25) is 0 Å². The Kier molecular flexibility index (Phi) is 6.09. The Morgan fingerprint density at radius 1 is 1.46 bits per heavy atom. The first-order chi connectivity index (χ1) is 12.1. The van der Waals surface area contributed by atoms with Gasteiger partial charge in [-0.2, -0.15) is 13.2 Å². The summed E-state index contributed by atoms with van der Waals surface area (Å²) in [5.41, 5.74) is -0.0589. The lowest BCUT2D eigenvalue weighted by Crippen LogP contribution is -2.51. The van der Waals surface area contributed by atoms with Gasteiger partial charge in [-0.25, -0.2) is 4.79 Å². The largest absolute Gasteiger partial charge is 0.471 e. The van der Waals surface area contributed by atoms with Gasteiger partial charge in [-0.15, -0.1) is 0 Å². The average Bonchev–Trinajstić information content (AvgIpc) is 2.92. The van der Waals surface area contributed by atoms with E-state index in [4.69, 9.17) is 9.84 Å². The lowest BCUT2D eigenvalue weighted by Gasteiger charge is -2.31. The van der Waals surface area contributed by atoms with Gasteiger partial charge in [-0.05, 0) is 0 Å². The van der Waals surface area contributed by atoms with E-state index in [1.807, 2.05) is 0 Å². The smallest absolute Gasteiger partial charge is 0.394 e. The maximum atomic E-state index is 12.0. The van der Waals surface area contributed by atoms with Crippen LogP contribution >= 0.6 is 0 Å². The van der Waals surface area contributed by atoms with E-state index >= 15 is 0 Å². The molecular weight excluding hydrogens is 363 g/mol. The minimum atomic E-state index is -5.03. The van der Waals surface area contributed by atoms with E-state index in [1.165, 1.54) is 5.32 Å². The fourth-order valence-corrected chi connectivity index (χ4v) is 2.28. The van der Waals surface area contributed by atoms with Gasteiger partial charge >= 0.3 is 18.1 Å². The lowest BCUT2D eigenvalue weighted by atomic mass is 10.1. The van der Waals surface area contributed by atoms with Crippen molar-refractivity contribution >= 4 is 11.9 Å². The molecule has 0 spiro atoms. The molecule has 0 bridgehead atoms. The maximum Gasteiger partial charge on any atom is 0.471 e. The van der Waals surface area contributed by atoms with Crippen LogP contribution in [0, 0.1) is 11.8 Å². The molecule has 1 fully saturated rings. The minimum absolute atomic E-state index is 0.00753. The second kappa shape index (κ2) is 7.92. The molecule has 4 atom stereocenters. The molecule has 0 aromatic heterocycles. The summed E-state index contributed by atoms with van der Waals surface area (Å²) in [6.07, 6.45) is -8.18. The number of carbonyl (C=O) groups is 2. The van der Waals surface area contributed by atoms with Crippen LogP contribution in [0.5, 0.6) is 0 Å². The Morgan fingerprint density at radius 3 is 2.73 bits per heavy atom. The molecule has 2 rings (SSSR count). The first kappa shape index (κ1) is 20.0. The number of amides is 3. The zero-order valence-electron chi connectivity index (χ0n) is 13.2. The van der Waals surface area contributed by atoms with Crippen LogP contribution < -0.4 is 10.6 Å². The van der Waals surface area contributed by atoms with Gasteiger partial charge in [-0.1, -0.05) is 11.8 Å². The van der Waals surface area contributed by atoms with Crippen molar-refractivity contribution < 1.29 is 42.8 Å². The maximum absolute atomic E-state index is 12.0. The number of hydrogen-bond acceptors (Lipinski definition) is 6. The molecular formula is C14H16F3N3O6. The second-order valence-corrected chi connectivity index (χ2v) is 5.44. The van der Waals surface area contributed by atoms with Gasteiger partial charge in [0.2, 0.25) is 0 Å². The van der Waals surface area contributed by atoms with Crippen molar-refractivity contribution in [2.45, 2.75) is 37.3 Å². The Morgan fingerprint density at radius 2 is 2.15 bits per heavy atom. The van der Waals surface area contributed by atoms with Crippen molar-refractivity contribution in [3.05, 3.63) is 11.8 Å². The molecule has 0 saturated carbocycles. The van der Waals surface area contributed by atoms with Gasteiger partial charge < -0.3 is 30.7 Å². The number of nitrogens with zero attached hydrogens (tertiary/aromatic N) is 1. The fourth-order valence-electron chi connectivity index (χ4n) is 2.28. The number of aliphatic hydroxyl groups excluding tert-OH is 3. The van der Waals surface area contributed by atoms with E-state index in [-0.39, 0.29) is 12.0 Å². The molecule has 1 saturated heterocycles. The van der Waals surface area contributed by atoms with Crippen molar-refractivity contribution in [3.63, 3.8) is 0 Å². The van der Waals surface area contributed by atoms with Crippen LogP contribution in [0.3, 0.4) is 0 Å². The predicted octanol–water partition coefficient (Wildman–Crippen LogP) is -1.64. The van der Waals surface area contributed by atoms with Crippen molar-refractivity contribution in [1.29, 1.82) is 0 Å². The summed E-state index contributed by atoms with van der Waals surface area (Å²) in [5.74, 6) is 2.42. The van der Waals surface area contributed by atoms with E-state index in [9.17, 15) is 33.0 Å². The predicted molar refractivity (Wildman–Crippen MR) is 77.7 cm³/mol. The average molecular weight is 379 g/mol. The van der Waals surface area contributed by atoms with E-state index in [0.29, 0.717) is 0 Å². The zero-order valence-corrected chi connectivity index (χ0v) is 13.2. The summed E-state index contributed by atoms with van der Waals surface area (Å²) in [5, 5.41) is 32.2. The third-order valence-electron chi connectivity index (χ3n) is 3.59. The molecule has 9 nitrogen and oxygen atoms in total. The highest BCUT2D eigenvalue weighted by Crippen LogP contribution is 2.25. The molecule has 2 aliphatic rings. The number of nitrogens with one attached hydrogen (secondary N) is 2. The lowest BCUT2D eigenvalue weighted by molar-refractivity contribution is -0.173. The van der Waals surface area contributed by atoms with Crippen LogP contribution in [-0.2, 0) is 9.53 Å². The van der Waals surface area contributed by atoms with Crippen LogP contribution in [0.1, 0.15) is 6.42 Å². The van der Waals surface area contributed by atoms with Crippen molar-refractivity contribution in [2.75, 3.05) is 13.2 Å². The summed E-state index contributed by atoms with van der Waals surface area (Å²) in [7, 11) is 0. The van der Waals surface area contributed by atoms with E-state index in [1.54, 1.807) is 0 Å². The van der Waals surface area contributed by atoms with Crippen LogP contribution in [-0.4, -0.2) is 76.1 Å². The third-order valence-corrected chi connectivity index (χ3v) is 3.59.